The molecule has 0 unspecified atom stereocenters. The molecule has 0 fully saturated rings. The number of hydrogen-bond donors (Lipinski definition) is 3. The molecule has 0 radical (unpaired) electrons. The van der Waals surface area contributed by atoms with E-state index in [1.165, 1.54) is 35.9 Å². The van der Waals surface area contributed by atoms with Gasteiger partial charge in [0.1, 0.15) is 5.56 Å². The van der Waals surface area contributed by atoms with Crippen molar-refractivity contribution in [2.24, 2.45) is 4.99 Å². The summed E-state index contributed by atoms with van der Waals surface area (Å²) in [6.45, 7) is 5.59. The number of sulfonamides is 1. The zero-order valence-electron chi connectivity index (χ0n) is 16.6. The Kier molecular flexibility index (Phi) is 7.47. The summed E-state index contributed by atoms with van der Waals surface area (Å²) in [5.41, 5.74) is 0.0899. The fourth-order valence-corrected chi connectivity index (χ4v) is 4.13. The molecule has 29 heavy (non-hydrogen) atoms. The van der Waals surface area contributed by atoms with Crippen molar-refractivity contribution < 1.29 is 18.3 Å². The van der Waals surface area contributed by atoms with E-state index in [9.17, 15) is 18.3 Å². The number of aromatic hydroxyl groups is 1. The van der Waals surface area contributed by atoms with Crippen LogP contribution in [-0.2, 0) is 21.3 Å². The van der Waals surface area contributed by atoms with Crippen LogP contribution < -0.4 is 10.3 Å². The Balaban J connectivity index is 2.41. The van der Waals surface area contributed by atoms with Gasteiger partial charge in [0.05, 0.1) is 29.4 Å². The van der Waals surface area contributed by atoms with Crippen molar-refractivity contribution in [3.8, 4) is 5.88 Å². The lowest BCUT2D eigenvalue weighted by Gasteiger charge is -2.12. The Hall–Kier alpha value is -2.34. The van der Waals surface area contributed by atoms with Gasteiger partial charge in [-0.2, -0.15) is 0 Å². The summed E-state index contributed by atoms with van der Waals surface area (Å²) in [5.74, 6) is -0.308. The number of benzene rings is 1. The van der Waals surface area contributed by atoms with E-state index in [0.717, 1.165) is 0 Å². The largest absolute Gasteiger partial charge is 0.494 e. The maximum atomic E-state index is 12.3. The fraction of sp³-hybridized carbons (Fsp3) is 0.389. The predicted octanol–water partition coefficient (Wildman–Crippen LogP) is 2.09. The summed E-state index contributed by atoms with van der Waals surface area (Å²) in [6, 6.07) is 5.65. The fourth-order valence-electron chi connectivity index (χ4n) is 2.60. The number of aromatic nitrogens is 2. The van der Waals surface area contributed by atoms with E-state index in [4.69, 9.17) is 17.0 Å². The zero-order valence-corrected chi connectivity index (χ0v) is 18.2. The van der Waals surface area contributed by atoms with Gasteiger partial charge < -0.3 is 9.84 Å². The second kappa shape index (κ2) is 9.44. The van der Waals surface area contributed by atoms with Crippen LogP contribution in [0.4, 0.5) is 5.69 Å². The molecule has 3 N–H and O–H groups in total. The van der Waals surface area contributed by atoms with E-state index in [2.05, 4.69) is 14.7 Å². The van der Waals surface area contributed by atoms with Crippen molar-refractivity contribution in [2.45, 2.75) is 38.3 Å². The van der Waals surface area contributed by atoms with Crippen LogP contribution >= 0.6 is 12.2 Å². The topological polar surface area (TPSA) is 126 Å². The number of rotatable bonds is 8. The van der Waals surface area contributed by atoms with Crippen molar-refractivity contribution in [1.82, 2.24) is 14.3 Å². The Morgan fingerprint density at radius 1 is 1.34 bits per heavy atom. The Bertz CT molecular complexity index is 1120. The van der Waals surface area contributed by atoms with E-state index >= 15 is 0 Å². The number of H-pyrrole nitrogens is 1. The Labute approximate surface area is 174 Å². The molecule has 0 aliphatic carbocycles. The lowest BCUT2D eigenvalue weighted by Crippen LogP contribution is -2.30. The van der Waals surface area contributed by atoms with Gasteiger partial charge in [0.15, 0.2) is 4.77 Å². The predicted molar refractivity (Wildman–Crippen MR) is 113 cm³/mol. The number of methoxy groups -OCH3 is 1. The lowest BCUT2D eigenvalue weighted by molar-refractivity contribution is 0.182. The van der Waals surface area contributed by atoms with Crippen LogP contribution in [0.25, 0.3) is 0 Å². The summed E-state index contributed by atoms with van der Waals surface area (Å²) in [4.78, 5) is 19.3. The van der Waals surface area contributed by atoms with Crippen LogP contribution in [0.3, 0.4) is 0 Å². The SMILES string of the molecule is COCCn1c(O)c(C(C)=Nc2ccc(S(=O)(=O)NC(C)C)cc2)c(=O)[nH]c1=S. The normalized spacial score (nSPS) is 12.5. The smallest absolute Gasteiger partial charge is 0.264 e. The number of nitrogens with one attached hydrogen (secondary N) is 2. The third kappa shape index (κ3) is 5.60. The summed E-state index contributed by atoms with van der Waals surface area (Å²) >= 11 is 5.08. The maximum Gasteiger partial charge on any atom is 0.264 e. The minimum Gasteiger partial charge on any atom is -0.494 e. The van der Waals surface area contributed by atoms with E-state index in [0.29, 0.717) is 12.3 Å². The second-order valence-corrected chi connectivity index (χ2v) is 8.67. The number of aromatic amines is 1. The first-order valence-electron chi connectivity index (χ1n) is 8.80. The molecule has 0 amide bonds. The third-order valence-corrected chi connectivity index (χ3v) is 5.88. The minimum atomic E-state index is -3.61. The van der Waals surface area contributed by atoms with Crippen molar-refractivity contribution in [3.05, 3.63) is 45.0 Å². The van der Waals surface area contributed by atoms with Gasteiger partial charge in [0.2, 0.25) is 15.9 Å². The van der Waals surface area contributed by atoms with Crippen molar-refractivity contribution in [3.63, 3.8) is 0 Å². The summed E-state index contributed by atoms with van der Waals surface area (Å²) < 4.78 is 33.3. The van der Waals surface area contributed by atoms with Crippen molar-refractivity contribution in [1.29, 1.82) is 0 Å². The molecular weight excluding hydrogens is 416 g/mol. The van der Waals surface area contributed by atoms with E-state index in [-0.39, 0.29) is 39.4 Å². The summed E-state index contributed by atoms with van der Waals surface area (Å²) in [6.07, 6.45) is 0. The van der Waals surface area contributed by atoms with Gasteiger partial charge in [-0.05, 0) is 57.3 Å². The van der Waals surface area contributed by atoms with E-state index < -0.39 is 15.6 Å². The quantitative estimate of drug-likeness (QED) is 0.426. The molecule has 0 saturated carbocycles. The first-order chi connectivity index (χ1) is 13.6. The minimum absolute atomic E-state index is 0.0205. The molecule has 2 rings (SSSR count). The summed E-state index contributed by atoms with van der Waals surface area (Å²) in [5, 5.41) is 10.5. The maximum absolute atomic E-state index is 12.3. The summed E-state index contributed by atoms with van der Waals surface area (Å²) in [7, 11) is -2.10. The monoisotopic (exact) mass is 440 g/mol. The molecule has 0 aliphatic heterocycles. The standard InChI is InChI=1S/C18H24N4O5S2/c1-11(2)21-29(25,26)14-7-5-13(6-8-14)19-12(3)15-16(23)20-18(28)22(17(15)24)9-10-27-4/h5-8,11,21,24H,9-10H2,1-4H3,(H,20,23,28). The highest BCUT2D eigenvalue weighted by Crippen LogP contribution is 2.20. The third-order valence-electron chi connectivity index (χ3n) is 3.89. The van der Waals surface area contributed by atoms with Crippen molar-refractivity contribution >= 4 is 33.6 Å². The molecule has 1 aromatic heterocycles. The molecule has 1 aromatic carbocycles. The molecule has 0 aliphatic rings. The Morgan fingerprint density at radius 2 is 1.97 bits per heavy atom. The number of aliphatic imine (C=N–C) groups is 1. The molecule has 0 saturated heterocycles. The average molecular weight is 441 g/mol. The molecular formula is C18H24N4O5S2. The van der Waals surface area contributed by atoms with Gasteiger partial charge in [-0.3, -0.25) is 19.3 Å². The highest BCUT2D eigenvalue weighted by Gasteiger charge is 2.17. The number of ether oxygens (including phenoxy) is 1. The number of nitrogens with zero attached hydrogens (tertiary/aromatic N) is 2. The van der Waals surface area contributed by atoms with E-state index in [1.807, 2.05) is 0 Å². The molecule has 2 aromatic rings. The van der Waals surface area contributed by atoms with Crippen molar-refractivity contribution in [2.75, 3.05) is 13.7 Å². The second-order valence-electron chi connectivity index (χ2n) is 6.57. The first-order valence-corrected chi connectivity index (χ1v) is 10.7. The van der Waals surface area contributed by atoms with Crippen LogP contribution in [0.5, 0.6) is 5.88 Å². The highest BCUT2D eigenvalue weighted by atomic mass is 32.2. The number of hydrogen-bond acceptors (Lipinski definition) is 7. The first kappa shape index (κ1) is 22.9. The Morgan fingerprint density at radius 3 is 2.52 bits per heavy atom. The highest BCUT2D eigenvalue weighted by molar-refractivity contribution is 7.89. The van der Waals surface area contributed by atoms with Crippen LogP contribution in [0.15, 0.2) is 38.9 Å². The molecule has 0 spiro atoms. The van der Waals surface area contributed by atoms with Gasteiger partial charge in [-0.25, -0.2) is 13.1 Å². The average Bonchev–Trinajstić information content (AvgIpc) is 2.60. The van der Waals surface area contributed by atoms with Gasteiger partial charge in [-0.1, -0.05) is 0 Å². The van der Waals surface area contributed by atoms with Gasteiger partial charge >= 0.3 is 0 Å². The molecule has 9 nitrogen and oxygen atoms in total. The molecule has 158 valence electrons. The molecule has 0 bridgehead atoms. The van der Waals surface area contributed by atoms with Crippen LogP contribution in [-0.4, -0.2) is 48.5 Å². The zero-order chi connectivity index (χ0) is 21.8. The van der Waals surface area contributed by atoms with Gasteiger partial charge in [0.25, 0.3) is 5.56 Å². The van der Waals surface area contributed by atoms with E-state index in [1.54, 1.807) is 20.8 Å². The van der Waals surface area contributed by atoms with Crippen LogP contribution in [0, 0.1) is 4.77 Å². The molecule has 11 heteroatoms. The van der Waals surface area contributed by atoms with Crippen LogP contribution in [0.2, 0.25) is 0 Å². The van der Waals surface area contributed by atoms with Gasteiger partial charge in [0, 0.05) is 13.2 Å². The van der Waals surface area contributed by atoms with Crippen LogP contribution in [0.1, 0.15) is 26.3 Å². The van der Waals surface area contributed by atoms with Gasteiger partial charge in [-0.15, -0.1) is 0 Å². The lowest BCUT2D eigenvalue weighted by atomic mass is 10.2. The molecule has 0 atom stereocenters. The molecule has 1 heterocycles.